The fourth-order valence-electron chi connectivity index (χ4n) is 1.78. The van der Waals surface area contributed by atoms with Crippen LogP contribution in [-0.2, 0) is 9.47 Å². The quantitative estimate of drug-likeness (QED) is 0.856. The second-order valence-corrected chi connectivity index (χ2v) is 4.84. The van der Waals surface area contributed by atoms with Crippen molar-refractivity contribution in [2.24, 2.45) is 0 Å². The van der Waals surface area contributed by atoms with Crippen molar-refractivity contribution in [3.63, 3.8) is 0 Å². The monoisotopic (exact) mass is 312 g/mol. The molecule has 4 nitrogen and oxygen atoms in total. The number of halogens is 1. The standard InChI is InChI=1S/C13H17BrN2O2/c1-4-17-13(18-5-2)12-15-10-6-8(3)9(14)7-11(10)16-12/h6-7,13H,4-5H2,1-3H3,(H,15,16). The van der Waals surface area contributed by atoms with Crippen molar-refractivity contribution in [3.8, 4) is 0 Å². The number of H-pyrrole nitrogens is 1. The van der Waals surface area contributed by atoms with E-state index in [0.29, 0.717) is 19.0 Å². The highest BCUT2D eigenvalue weighted by atomic mass is 79.9. The number of aryl methyl sites for hydroxylation is 1. The summed E-state index contributed by atoms with van der Waals surface area (Å²) in [4.78, 5) is 7.77. The summed E-state index contributed by atoms with van der Waals surface area (Å²) in [5.41, 5.74) is 3.07. The third-order valence-electron chi connectivity index (χ3n) is 2.64. The van der Waals surface area contributed by atoms with Gasteiger partial charge in [0.05, 0.1) is 11.0 Å². The van der Waals surface area contributed by atoms with Crippen LogP contribution in [0.15, 0.2) is 16.6 Å². The summed E-state index contributed by atoms with van der Waals surface area (Å²) in [6, 6.07) is 4.06. The molecule has 0 aliphatic rings. The zero-order chi connectivity index (χ0) is 13.1. The number of aromatic nitrogens is 2. The van der Waals surface area contributed by atoms with E-state index in [1.54, 1.807) is 0 Å². The van der Waals surface area contributed by atoms with Gasteiger partial charge < -0.3 is 14.5 Å². The molecule has 2 aromatic rings. The number of benzene rings is 1. The Hall–Kier alpha value is -0.910. The van der Waals surface area contributed by atoms with Crippen molar-refractivity contribution in [2.45, 2.75) is 27.1 Å². The minimum atomic E-state index is -0.425. The van der Waals surface area contributed by atoms with Crippen molar-refractivity contribution < 1.29 is 9.47 Å². The fraction of sp³-hybridized carbons (Fsp3) is 0.462. The topological polar surface area (TPSA) is 47.1 Å². The van der Waals surface area contributed by atoms with E-state index in [1.165, 1.54) is 5.56 Å². The van der Waals surface area contributed by atoms with E-state index in [1.807, 2.05) is 26.8 Å². The third-order valence-corrected chi connectivity index (χ3v) is 3.49. The zero-order valence-corrected chi connectivity index (χ0v) is 12.4. The maximum absolute atomic E-state index is 5.53. The third kappa shape index (κ3) is 2.74. The summed E-state index contributed by atoms with van der Waals surface area (Å²) in [6.07, 6.45) is -0.425. The molecule has 1 aromatic carbocycles. The molecule has 0 atom stereocenters. The summed E-state index contributed by atoms with van der Waals surface area (Å²) >= 11 is 3.51. The molecular weight excluding hydrogens is 296 g/mol. The lowest BCUT2D eigenvalue weighted by molar-refractivity contribution is -0.144. The van der Waals surface area contributed by atoms with Crippen molar-refractivity contribution in [3.05, 3.63) is 28.0 Å². The van der Waals surface area contributed by atoms with E-state index >= 15 is 0 Å². The van der Waals surface area contributed by atoms with E-state index < -0.39 is 6.29 Å². The van der Waals surface area contributed by atoms with Crippen LogP contribution in [0.2, 0.25) is 0 Å². The molecule has 0 saturated carbocycles. The SMILES string of the molecule is CCOC(OCC)c1nc2cc(Br)c(C)cc2[nH]1. The lowest BCUT2D eigenvalue weighted by atomic mass is 10.2. The number of nitrogens with zero attached hydrogens (tertiary/aromatic N) is 1. The smallest absolute Gasteiger partial charge is 0.217 e. The number of imidazole rings is 1. The summed E-state index contributed by atoms with van der Waals surface area (Å²) < 4.78 is 12.1. The first kappa shape index (κ1) is 13.5. The van der Waals surface area contributed by atoms with Crippen molar-refractivity contribution in [2.75, 3.05) is 13.2 Å². The Kier molecular flexibility index (Phi) is 4.37. The van der Waals surface area contributed by atoms with Gasteiger partial charge in [0.1, 0.15) is 0 Å². The maximum atomic E-state index is 5.53. The van der Waals surface area contributed by atoms with Gasteiger partial charge in [-0.1, -0.05) is 15.9 Å². The van der Waals surface area contributed by atoms with Crippen LogP contribution in [0.25, 0.3) is 11.0 Å². The van der Waals surface area contributed by atoms with Crippen LogP contribution in [0.5, 0.6) is 0 Å². The predicted molar refractivity (Wildman–Crippen MR) is 74.5 cm³/mol. The Morgan fingerprint density at radius 3 is 2.56 bits per heavy atom. The highest BCUT2D eigenvalue weighted by Crippen LogP contribution is 2.25. The molecule has 1 N–H and O–H groups in total. The van der Waals surface area contributed by atoms with Gasteiger partial charge in [0.25, 0.3) is 0 Å². The van der Waals surface area contributed by atoms with Crippen LogP contribution in [0.4, 0.5) is 0 Å². The molecule has 18 heavy (non-hydrogen) atoms. The molecule has 0 amide bonds. The van der Waals surface area contributed by atoms with Gasteiger partial charge in [0.2, 0.25) is 6.29 Å². The molecule has 0 fully saturated rings. The lowest BCUT2D eigenvalue weighted by Crippen LogP contribution is -2.10. The Bertz CT molecular complexity index is 494. The molecule has 0 unspecified atom stereocenters. The second-order valence-electron chi connectivity index (χ2n) is 3.98. The minimum Gasteiger partial charge on any atom is -0.346 e. The molecule has 0 aliphatic heterocycles. The van der Waals surface area contributed by atoms with Crippen LogP contribution in [0.3, 0.4) is 0 Å². The van der Waals surface area contributed by atoms with E-state index in [9.17, 15) is 0 Å². The van der Waals surface area contributed by atoms with E-state index in [0.717, 1.165) is 15.5 Å². The molecule has 1 heterocycles. The number of hydrogen-bond donors (Lipinski definition) is 1. The van der Waals surface area contributed by atoms with Crippen molar-refractivity contribution in [1.82, 2.24) is 9.97 Å². The van der Waals surface area contributed by atoms with E-state index in [2.05, 4.69) is 32.0 Å². The predicted octanol–water partition coefficient (Wildman–Crippen LogP) is 3.71. The van der Waals surface area contributed by atoms with Gasteiger partial charge in [-0.15, -0.1) is 0 Å². The zero-order valence-electron chi connectivity index (χ0n) is 10.8. The van der Waals surface area contributed by atoms with Gasteiger partial charge in [-0.2, -0.15) is 0 Å². The number of hydrogen-bond acceptors (Lipinski definition) is 3. The fourth-order valence-corrected chi connectivity index (χ4v) is 2.11. The van der Waals surface area contributed by atoms with Crippen LogP contribution in [-0.4, -0.2) is 23.2 Å². The van der Waals surface area contributed by atoms with E-state index in [-0.39, 0.29) is 0 Å². The number of ether oxygens (including phenoxy) is 2. The number of aromatic amines is 1. The minimum absolute atomic E-state index is 0.425. The van der Waals surface area contributed by atoms with Crippen LogP contribution in [0.1, 0.15) is 31.5 Å². The highest BCUT2D eigenvalue weighted by molar-refractivity contribution is 9.10. The second kappa shape index (κ2) is 5.82. The highest BCUT2D eigenvalue weighted by Gasteiger charge is 2.16. The molecule has 98 valence electrons. The van der Waals surface area contributed by atoms with Crippen LogP contribution >= 0.6 is 15.9 Å². The number of nitrogens with one attached hydrogen (secondary N) is 1. The Morgan fingerprint density at radius 1 is 1.28 bits per heavy atom. The lowest BCUT2D eigenvalue weighted by Gasteiger charge is -2.13. The number of fused-ring (bicyclic) bond motifs is 1. The first-order valence-corrected chi connectivity index (χ1v) is 6.84. The largest absolute Gasteiger partial charge is 0.346 e. The molecule has 1 aromatic heterocycles. The molecule has 0 saturated heterocycles. The molecule has 0 aliphatic carbocycles. The summed E-state index contributed by atoms with van der Waals surface area (Å²) in [5, 5.41) is 0. The van der Waals surface area contributed by atoms with Crippen LogP contribution in [0, 0.1) is 6.92 Å². The molecule has 5 heteroatoms. The Morgan fingerprint density at radius 2 is 1.94 bits per heavy atom. The molecule has 0 radical (unpaired) electrons. The summed E-state index contributed by atoms with van der Waals surface area (Å²) in [7, 11) is 0. The van der Waals surface area contributed by atoms with Gasteiger partial charge in [-0.05, 0) is 38.5 Å². The Balaban J connectivity index is 2.38. The van der Waals surface area contributed by atoms with Crippen LogP contribution < -0.4 is 0 Å². The summed E-state index contributed by atoms with van der Waals surface area (Å²) in [5.74, 6) is 0.714. The first-order valence-electron chi connectivity index (χ1n) is 6.04. The molecular formula is C13H17BrN2O2. The van der Waals surface area contributed by atoms with E-state index in [4.69, 9.17) is 9.47 Å². The van der Waals surface area contributed by atoms with Crippen molar-refractivity contribution >= 4 is 27.0 Å². The average molecular weight is 313 g/mol. The molecule has 0 spiro atoms. The first-order chi connectivity index (χ1) is 8.65. The van der Waals surface area contributed by atoms with Gasteiger partial charge in [-0.25, -0.2) is 4.98 Å². The van der Waals surface area contributed by atoms with Gasteiger partial charge in [0.15, 0.2) is 5.82 Å². The van der Waals surface area contributed by atoms with Gasteiger partial charge >= 0.3 is 0 Å². The number of rotatable bonds is 5. The van der Waals surface area contributed by atoms with Gasteiger partial charge in [-0.3, -0.25) is 0 Å². The maximum Gasteiger partial charge on any atom is 0.217 e. The van der Waals surface area contributed by atoms with Gasteiger partial charge in [0, 0.05) is 17.7 Å². The average Bonchev–Trinajstić information content (AvgIpc) is 2.72. The Labute approximate surface area is 115 Å². The molecule has 2 rings (SSSR count). The summed E-state index contributed by atoms with van der Waals surface area (Å²) in [6.45, 7) is 7.10. The molecule has 0 bridgehead atoms. The normalized spacial score (nSPS) is 11.6. The van der Waals surface area contributed by atoms with Crippen molar-refractivity contribution in [1.29, 1.82) is 0 Å².